The number of urea groups is 1. The fourth-order valence-corrected chi connectivity index (χ4v) is 4.14. The first kappa shape index (κ1) is 21.1. The number of anilines is 1. The van der Waals surface area contributed by atoms with Crippen molar-refractivity contribution in [2.45, 2.75) is 45.1 Å². The minimum atomic E-state index is -0.931. The summed E-state index contributed by atoms with van der Waals surface area (Å²) in [6.07, 6.45) is 3.26. The van der Waals surface area contributed by atoms with Crippen molar-refractivity contribution in [2.24, 2.45) is 5.92 Å². The Kier molecular flexibility index (Phi) is 6.12. The zero-order valence-corrected chi connectivity index (χ0v) is 17.2. The molecule has 2 aliphatic rings. The molecule has 1 aromatic carbocycles. The summed E-state index contributed by atoms with van der Waals surface area (Å²) in [4.78, 5) is 50.1. The van der Waals surface area contributed by atoms with Gasteiger partial charge in [-0.05, 0) is 49.4 Å². The molecule has 8 nitrogen and oxygen atoms in total. The summed E-state index contributed by atoms with van der Waals surface area (Å²) in [6.45, 7) is 2.67. The smallest absolute Gasteiger partial charge is 0.326 e. The predicted octanol–water partition coefficient (Wildman–Crippen LogP) is 2.63. The van der Waals surface area contributed by atoms with Crippen LogP contribution >= 0.6 is 11.6 Å². The van der Waals surface area contributed by atoms with E-state index >= 15 is 0 Å². The molecular weight excluding hydrogens is 398 g/mol. The van der Waals surface area contributed by atoms with E-state index in [0.29, 0.717) is 17.1 Å². The number of hydrogen-bond acceptors (Lipinski definition) is 5. The Bertz CT molecular complexity index is 859. The SMILES string of the molecule is Cc1cc(Cl)ccc1NC(=O)COC(=O)CN1C(=O)N[C@]2(CCCC[C@@H]2C)C1=O. The summed E-state index contributed by atoms with van der Waals surface area (Å²) in [6, 6.07) is 4.38. The number of carbonyl (C=O) groups is 4. The van der Waals surface area contributed by atoms with E-state index in [9.17, 15) is 19.2 Å². The number of nitrogens with zero attached hydrogens (tertiary/aromatic N) is 1. The highest BCUT2D eigenvalue weighted by molar-refractivity contribution is 6.30. The van der Waals surface area contributed by atoms with Crippen LogP contribution in [-0.2, 0) is 19.1 Å². The van der Waals surface area contributed by atoms with Gasteiger partial charge >= 0.3 is 12.0 Å². The Hall–Kier alpha value is -2.61. The van der Waals surface area contributed by atoms with E-state index in [1.54, 1.807) is 25.1 Å². The average molecular weight is 422 g/mol. The maximum absolute atomic E-state index is 12.8. The molecule has 9 heteroatoms. The largest absolute Gasteiger partial charge is 0.454 e. The van der Waals surface area contributed by atoms with Gasteiger partial charge in [0.05, 0.1) is 0 Å². The van der Waals surface area contributed by atoms with Crippen LogP contribution in [0.3, 0.4) is 0 Å². The van der Waals surface area contributed by atoms with Gasteiger partial charge in [-0.25, -0.2) is 4.79 Å². The van der Waals surface area contributed by atoms with Gasteiger partial charge in [0.15, 0.2) is 6.61 Å². The molecule has 2 N–H and O–H groups in total. The molecule has 0 aromatic heterocycles. The van der Waals surface area contributed by atoms with Crippen LogP contribution in [0.1, 0.15) is 38.2 Å². The number of imide groups is 1. The summed E-state index contributed by atoms with van der Waals surface area (Å²) in [5, 5.41) is 5.94. The van der Waals surface area contributed by atoms with Crippen LogP contribution in [-0.4, -0.2) is 47.4 Å². The second-order valence-corrected chi connectivity index (χ2v) is 8.04. The van der Waals surface area contributed by atoms with Gasteiger partial charge in [0, 0.05) is 10.7 Å². The van der Waals surface area contributed by atoms with Crippen LogP contribution in [0.2, 0.25) is 5.02 Å². The number of hydrogen-bond donors (Lipinski definition) is 2. The first-order valence-electron chi connectivity index (χ1n) is 9.58. The fraction of sp³-hybridized carbons (Fsp3) is 0.500. The molecule has 1 saturated carbocycles. The van der Waals surface area contributed by atoms with Crippen molar-refractivity contribution in [1.82, 2.24) is 10.2 Å². The van der Waals surface area contributed by atoms with Crippen LogP contribution < -0.4 is 10.6 Å². The van der Waals surface area contributed by atoms with Crippen molar-refractivity contribution in [1.29, 1.82) is 0 Å². The summed E-state index contributed by atoms with van der Waals surface area (Å²) in [7, 11) is 0. The van der Waals surface area contributed by atoms with Crippen LogP contribution in [0.25, 0.3) is 0 Å². The van der Waals surface area contributed by atoms with Gasteiger partial charge in [-0.2, -0.15) is 0 Å². The topological polar surface area (TPSA) is 105 Å². The van der Waals surface area contributed by atoms with Crippen LogP contribution in [0.5, 0.6) is 0 Å². The van der Waals surface area contributed by atoms with Crippen molar-refractivity contribution in [2.75, 3.05) is 18.5 Å². The second-order valence-electron chi connectivity index (χ2n) is 7.61. The van der Waals surface area contributed by atoms with Crippen molar-refractivity contribution in [3.8, 4) is 0 Å². The third-order valence-corrected chi connectivity index (χ3v) is 5.85. The zero-order chi connectivity index (χ0) is 21.2. The number of carbonyl (C=O) groups excluding carboxylic acids is 4. The molecular formula is C20H24ClN3O5. The van der Waals surface area contributed by atoms with Gasteiger partial charge in [0.2, 0.25) is 0 Å². The highest BCUT2D eigenvalue weighted by atomic mass is 35.5. The Morgan fingerprint density at radius 3 is 2.79 bits per heavy atom. The highest BCUT2D eigenvalue weighted by Crippen LogP contribution is 2.38. The highest BCUT2D eigenvalue weighted by Gasteiger charge is 2.55. The number of ether oxygens (including phenoxy) is 1. The molecule has 1 spiro atoms. The van der Waals surface area contributed by atoms with Gasteiger partial charge < -0.3 is 15.4 Å². The van der Waals surface area contributed by atoms with Crippen LogP contribution in [0.15, 0.2) is 18.2 Å². The van der Waals surface area contributed by atoms with Crippen molar-refractivity contribution < 1.29 is 23.9 Å². The molecule has 1 heterocycles. The molecule has 1 aliphatic heterocycles. The quantitative estimate of drug-likeness (QED) is 0.561. The number of aryl methyl sites for hydroxylation is 1. The summed E-state index contributed by atoms with van der Waals surface area (Å²) < 4.78 is 4.95. The molecule has 0 radical (unpaired) electrons. The van der Waals surface area contributed by atoms with E-state index < -0.39 is 42.5 Å². The third-order valence-electron chi connectivity index (χ3n) is 5.62. The van der Waals surface area contributed by atoms with E-state index in [4.69, 9.17) is 16.3 Å². The molecule has 156 valence electrons. The molecule has 1 saturated heterocycles. The number of amides is 4. The van der Waals surface area contributed by atoms with Gasteiger partial charge in [0.25, 0.3) is 11.8 Å². The molecule has 29 heavy (non-hydrogen) atoms. The minimum absolute atomic E-state index is 0.00196. The van der Waals surface area contributed by atoms with Gasteiger partial charge in [-0.15, -0.1) is 0 Å². The normalized spacial score (nSPS) is 23.8. The van der Waals surface area contributed by atoms with Crippen molar-refractivity contribution in [3.63, 3.8) is 0 Å². The minimum Gasteiger partial charge on any atom is -0.454 e. The molecule has 1 aliphatic carbocycles. The van der Waals surface area contributed by atoms with E-state index in [2.05, 4.69) is 10.6 Å². The monoisotopic (exact) mass is 421 g/mol. The lowest BCUT2D eigenvalue weighted by Gasteiger charge is -2.36. The van der Waals surface area contributed by atoms with Gasteiger partial charge in [0.1, 0.15) is 12.1 Å². The van der Waals surface area contributed by atoms with Gasteiger partial charge in [-0.1, -0.05) is 31.4 Å². The first-order valence-corrected chi connectivity index (χ1v) is 9.96. The van der Waals surface area contributed by atoms with E-state index in [1.807, 2.05) is 6.92 Å². The zero-order valence-electron chi connectivity index (χ0n) is 16.4. The lowest BCUT2D eigenvalue weighted by atomic mass is 9.73. The van der Waals surface area contributed by atoms with Crippen LogP contribution in [0.4, 0.5) is 10.5 Å². The van der Waals surface area contributed by atoms with Crippen molar-refractivity contribution in [3.05, 3.63) is 28.8 Å². The Morgan fingerprint density at radius 1 is 1.34 bits per heavy atom. The van der Waals surface area contributed by atoms with Crippen LogP contribution in [0, 0.1) is 12.8 Å². The Balaban J connectivity index is 1.53. The maximum Gasteiger partial charge on any atom is 0.326 e. The third kappa shape index (κ3) is 4.37. The number of esters is 1. The predicted molar refractivity (Wildman–Crippen MR) is 106 cm³/mol. The lowest BCUT2D eigenvalue weighted by molar-refractivity contribution is -0.150. The standard InChI is InChI=1S/C20H24ClN3O5/c1-12-9-14(21)6-7-15(12)22-16(25)11-29-17(26)10-24-18(27)20(23-19(24)28)8-4-3-5-13(20)2/h6-7,9,13H,3-5,8,10-11H2,1-2H3,(H,22,25)(H,23,28)/t13-,20-/m0/s1. The fourth-order valence-electron chi connectivity index (χ4n) is 3.91. The van der Waals surface area contributed by atoms with E-state index in [1.165, 1.54) is 0 Å². The summed E-state index contributed by atoms with van der Waals surface area (Å²) in [5.74, 6) is -1.75. The molecule has 0 bridgehead atoms. The van der Waals surface area contributed by atoms with Crippen molar-refractivity contribution >= 4 is 41.1 Å². The number of nitrogens with one attached hydrogen (secondary N) is 2. The van der Waals surface area contributed by atoms with E-state index in [-0.39, 0.29) is 5.92 Å². The molecule has 1 aromatic rings. The molecule has 4 amide bonds. The lowest BCUT2D eigenvalue weighted by Crippen LogP contribution is -2.54. The molecule has 2 fully saturated rings. The molecule has 0 unspecified atom stereocenters. The molecule has 2 atom stereocenters. The first-order chi connectivity index (χ1) is 13.7. The second kappa shape index (κ2) is 8.41. The van der Waals surface area contributed by atoms with Gasteiger partial charge in [-0.3, -0.25) is 19.3 Å². The number of rotatable bonds is 5. The number of halogens is 1. The van der Waals surface area contributed by atoms with E-state index in [0.717, 1.165) is 29.7 Å². The maximum atomic E-state index is 12.8. The molecule has 3 rings (SSSR count). The summed E-state index contributed by atoms with van der Waals surface area (Å²) >= 11 is 5.88. The Morgan fingerprint density at radius 2 is 2.10 bits per heavy atom. The summed E-state index contributed by atoms with van der Waals surface area (Å²) in [5.41, 5.74) is 0.389. The number of benzene rings is 1. The average Bonchev–Trinajstić information content (AvgIpc) is 2.90. The Labute approximate surface area is 173 Å².